The zero-order valence-corrected chi connectivity index (χ0v) is 19.3. The monoisotopic (exact) mass is 471 g/mol. The van der Waals surface area contributed by atoms with Crippen molar-refractivity contribution >= 4 is 11.0 Å². The summed E-state index contributed by atoms with van der Waals surface area (Å²) in [5.74, 6) is -0.343. The molecule has 0 amide bonds. The lowest BCUT2D eigenvalue weighted by Crippen LogP contribution is -2.39. The quantitative estimate of drug-likeness (QED) is 0.168. The van der Waals surface area contributed by atoms with Crippen LogP contribution >= 0.6 is 0 Å². The van der Waals surface area contributed by atoms with Crippen LogP contribution in [0.3, 0.4) is 0 Å². The fourth-order valence-corrected chi connectivity index (χ4v) is 5.04. The second-order valence-corrected chi connectivity index (χ2v) is 8.64. The first kappa shape index (κ1) is 21.7. The van der Waals surface area contributed by atoms with E-state index in [-0.39, 0.29) is 5.82 Å². The summed E-state index contributed by atoms with van der Waals surface area (Å²) in [6.45, 7) is 0. The van der Waals surface area contributed by atoms with Gasteiger partial charge in [0.2, 0.25) is 0 Å². The van der Waals surface area contributed by atoms with Gasteiger partial charge in [0.15, 0.2) is 11.9 Å². The Morgan fingerprint density at radius 3 is 1.64 bits per heavy atom. The van der Waals surface area contributed by atoms with Gasteiger partial charge in [0, 0.05) is 11.6 Å². The molecular weight excluding hydrogens is 449 g/mol. The van der Waals surface area contributed by atoms with Gasteiger partial charge in [0.25, 0.3) is 5.52 Å². The Kier molecular flexibility index (Phi) is 5.30. The van der Waals surface area contributed by atoms with E-state index in [1.165, 1.54) is 18.3 Å². The predicted molar refractivity (Wildman–Crippen MR) is 139 cm³/mol. The maximum atomic E-state index is 13.8. The molecule has 0 aliphatic rings. The third-order valence-electron chi connectivity index (χ3n) is 6.60. The number of hydrogen-bond acceptors (Lipinski definition) is 2. The molecule has 0 atom stereocenters. The highest BCUT2D eigenvalue weighted by molar-refractivity contribution is 5.88. The van der Waals surface area contributed by atoms with Gasteiger partial charge in [0.1, 0.15) is 16.9 Å². The molecule has 0 bridgehead atoms. The lowest BCUT2D eigenvalue weighted by Gasteiger charge is -2.36. The summed E-state index contributed by atoms with van der Waals surface area (Å²) in [5, 5.41) is 18.3. The van der Waals surface area contributed by atoms with Crippen molar-refractivity contribution in [1.82, 2.24) is 9.78 Å². The highest BCUT2D eigenvalue weighted by Gasteiger charge is 2.42. The third kappa shape index (κ3) is 3.36. The summed E-state index contributed by atoms with van der Waals surface area (Å²) >= 11 is 0. The van der Waals surface area contributed by atoms with E-state index >= 15 is 0 Å². The molecule has 2 heterocycles. The molecule has 5 heteroatoms. The van der Waals surface area contributed by atoms with Crippen molar-refractivity contribution in [3.8, 4) is 11.3 Å². The van der Waals surface area contributed by atoms with Crippen LogP contribution in [0.4, 0.5) is 4.39 Å². The zero-order chi connectivity index (χ0) is 24.5. The molecule has 6 aromatic rings. The van der Waals surface area contributed by atoms with Crippen molar-refractivity contribution in [3.05, 3.63) is 161 Å². The Hall–Kier alpha value is -4.77. The average Bonchev–Trinajstić information content (AvgIpc) is 3.33. The van der Waals surface area contributed by atoms with Crippen molar-refractivity contribution in [2.45, 2.75) is 5.54 Å². The SMILES string of the molecule is [O-][n+]1cccc2c1c(-c1ccc(F)cc1)nn2C(c1ccccc1)(c1ccccc1)c1ccccc1. The molecule has 2 aromatic heterocycles. The van der Waals surface area contributed by atoms with Crippen molar-refractivity contribution in [2.24, 2.45) is 0 Å². The molecule has 0 unspecified atom stereocenters. The number of hydrogen-bond donors (Lipinski definition) is 0. The molecule has 0 spiro atoms. The number of halogens is 1. The Labute approximate surface area is 208 Å². The van der Waals surface area contributed by atoms with E-state index in [0.717, 1.165) is 21.4 Å². The summed E-state index contributed by atoms with van der Waals surface area (Å²) < 4.78 is 16.5. The van der Waals surface area contributed by atoms with Crippen molar-refractivity contribution in [2.75, 3.05) is 0 Å². The largest absolute Gasteiger partial charge is 0.618 e. The summed E-state index contributed by atoms with van der Waals surface area (Å²) in [4.78, 5) is 0. The maximum absolute atomic E-state index is 13.8. The van der Waals surface area contributed by atoms with Crippen LogP contribution in [-0.2, 0) is 5.54 Å². The maximum Gasteiger partial charge on any atom is 0.270 e. The standard InChI is InChI=1S/C31H22FN3O/c32-27-20-18-23(19-21-27)29-30-28(17-10-22-34(30)36)35(33-29)31(24-11-4-1-5-12-24,25-13-6-2-7-14-25)26-15-8-3-9-16-26/h1-22H. The van der Waals surface area contributed by atoms with Crippen molar-refractivity contribution in [3.63, 3.8) is 0 Å². The molecule has 0 radical (unpaired) electrons. The second kappa shape index (κ2) is 8.78. The Morgan fingerprint density at radius 2 is 1.14 bits per heavy atom. The van der Waals surface area contributed by atoms with E-state index in [0.29, 0.717) is 22.3 Å². The third-order valence-corrected chi connectivity index (χ3v) is 6.60. The molecule has 0 aliphatic heterocycles. The molecule has 4 nitrogen and oxygen atoms in total. The van der Waals surface area contributed by atoms with Gasteiger partial charge in [-0.15, -0.1) is 0 Å². The van der Waals surface area contributed by atoms with E-state index in [1.54, 1.807) is 18.2 Å². The van der Waals surface area contributed by atoms with E-state index < -0.39 is 5.54 Å². The van der Waals surface area contributed by atoms with Crippen LogP contribution in [0.1, 0.15) is 16.7 Å². The fraction of sp³-hybridized carbons (Fsp3) is 0.0323. The molecular formula is C31H22FN3O. The molecule has 36 heavy (non-hydrogen) atoms. The number of rotatable bonds is 5. The zero-order valence-electron chi connectivity index (χ0n) is 19.3. The summed E-state index contributed by atoms with van der Waals surface area (Å²) in [6, 6.07) is 40.2. The van der Waals surface area contributed by atoms with Crippen LogP contribution in [0.5, 0.6) is 0 Å². The summed E-state index contributed by atoms with van der Waals surface area (Å²) in [7, 11) is 0. The van der Waals surface area contributed by atoms with Crippen LogP contribution in [0.2, 0.25) is 0 Å². The van der Waals surface area contributed by atoms with Gasteiger partial charge in [-0.2, -0.15) is 9.83 Å². The first-order valence-corrected chi connectivity index (χ1v) is 11.7. The predicted octanol–water partition coefficient (Wildman–Crippen LogP) is 6.32. The number of pyridine rings is 1. The van der Waals surface area contributed by atoms with Crippen LogP contribution < -0.4 is 4.73 Å². The summed E-state index contributed by atoms with van der Waals surface area (Å²) in [6.07, 6.45) is 1.47. The van der Waals surface area contributed by atoms with E-state index in [2.05, 4.69) is 36.4 Å². The van der Waals surface area contributed by atoms with Gasteiger partial charge in [-0.1, -0.05) is 91.0 Å². The van der Waals surface area contributed by atoms with Gasteiger partial charge < -0.3 is 5.21 Å². The highest BCUT2D eigenvalue weighted by atomic mass is 19.1. The minimum atomic E-state index is -0.880. The van der Waals surface area contributed by atoms with Crippen LogP contribution in [0.25, 0.3) is 22.3 Å². The summed E-state index contributed by atoms with van der Waals surface area (Å²) in [5.41, 5.74) is 4.37. The number of fused-ring (bicyclic) bond motifs is 1. The minimum Gasteiger partial charge on any atom is -0.618 e. The van der Waals surface area contributed by atoms with Crippen molar-refractivity contribution < 1.29 is 9.12 Å². The topological polar surface area (TPSA) is 44.8 Å². The smallest absolute Gasteiger partial charge is 0.270 e. The van der Waals surface area contributed by atoms with Crippen LogP contribution in [0.15, 0.2) is 134 Å². The number of benzene rings is 4. The fourth-order valence-electron chi connectivity index (χ4n) is 5.04. The van der Waals surface area contributed by atoms with E-state index in [4.69, 9.17) is 5.10 Å². The molecule has 0 saturated heterocycles. The Balaban J connectivity index is 1.80. The molecule has 0 fully saturated rings. The highest BCUT2D eigenvalue weighted by Crippen LogP contribution is 2.43. The molecule has 6 rings (SSSR count). The van der Waals surface area contributed by atoms with Crippen LogP contribution in [-0.4, -0.2) is 9.78 Å². The first-order chi connectivity index (χ1) is 17.7. The lowest BCUT2D eigenvalue weighted by atomic mass is 9.77. The molecule has 4 aromatic carbocycles. The van der Waals surface area contributed by atoms with Gasteiger partial charge in [-0.25, -0.2) is 9.07 Å². The van der Waals surface area contributed by atoms with Crippen LogP contribution in [0, 0.1) is 11.0 Å². The number of aromatic nitrogens is 3. The van der Waals surface area contributed by atoms with Gasteiger partial charge in [-0.05, 0) is 47.0 Å². The Bertz CT molecular complexity index is 1530. The number of nitrogens with zero attached hydrogens (tertiary/aromatic N) is 3. The lowest BCUT2D eigenvalue weighted by molar-refractivity contribution is -0.576. The molecule has 174 valence electrons. The van der Waals surface area contributed by atoms with E-state index in [9.17, 15) is 9.60 Å². The molecule has 0 aliphatic carbocycles. The van der Waals surface area contributed by atoms with E-state index in [1.807, 2.05) is 65.3 Å². The van der Waals surface area contributed by atoms with Gasteiger partial charge in [-0.3, -0.25) is 0 Å². The molecule has 0 saturated carbocycles. The first-order valence-electron chi connectivity index (χ1n) is 11.7. The second-order valence-electron chi connectivity index (χ2n) is 8.64. The normalized spacial score (nSPS) is 11.6. The van der Waals surface area contributed by atoms with Crippen molar-refractivity contribution in [1.29, 1.82) is 0 Å². The van der Waals surface area contributed by atoms with Gasteiger partial charge in [0.05, 0.1) is 0 Å². The van der Waals surface area contributed by atoms with Gasteiger partial charge >= 0.3 is 0 Å². The Morgan fingerprint density at radius 1 is 0.639 bits per heavy atom. The minimum absolute atomic E-state index is 0.343. The molecule has 0 N–H and O–H groups in total. The average molecular weight is 472 g/mol.